The van der Waals surface area contributed by atoms with E-state index in [9.17, 15) is 4.79 Å². The van der Waals surface area contributed by atoms with Gasteiger partial charge < -0.3 is 9.15 Å². The van der Waals surface area contributed by atoms with Crippen molar-refractivity contribution in [2.45, 2.75) is 13.0 Å². The van der Waals surface area contributed by atoms with Gasteiger partial charge in [0.1, 0.15) is 0 Å². The SMILES string of the molecule is C[C@@H](OC(=O)c1ccccc1Cl)c1nnc(-c2ccccc2)o1. The van der Waals surface area contributed by atoms with E-state index in [1.165, 1.54) is 0 Å². The molecule has 1 heterocycles. The zero-order valence-corrected chi connectivity index (χ0v) is 13.0. The molecule has 0 bridgehead atoms. The van der Waals surface area contributed by atoms with E-state index < -0.39 is 12.1 Å². The molecule has 3 aromatic rings. The molecule has 3 rings (SSSR count). The highest BCUT2D eigenvalue weighted by Crippen LogP contribution is 2.24. The number of nitrogens with zero attached hydrogens (tertiary/aromatic N) is 2. The Morgan fingerprint density at radius 1 is 1.09 bits per heavy atom. The average molecular weight is 329 g/mol. The third-order valence-corrected chi connectivity index (χ3v) is 3.52. The number of benzene rings is 2. The van der Waals surface area contributed by atoms with Crippen LogP contribution in [0, 0.1) is 0 Å². The number of hydrogen-bond donors (Lipinski definition) is 0. The van der Waals surface area contributed by atoms with Gasteiger partial charge >= 0.3 is 5.97 Å². The molecule has 0 saturated carbocycles. The van der Waals surface area contributed by atoms with Crippen molar-refractivity contribution in [3.8, 4) is 11.5 Å². The second kappa shape index (κ2) is 6.62. The van der Waals surface area contributed by atoms with Gasteiger partial charge in [-0.15, -0.1) is 10.2 Å². The van der Waals surface area contributed by atoms with Gasteiger partial charge in [0.25, 0.3) is 5.89 Å². The van der Waals surface area contributed by atoms with Crippen molar-refractivity contribution >= 4 is 17.6 Å². The largest absolute Gasteiger partial charge is 0.449 e. The van der Waals surface area contributed by atoms with E-state index in [2.05, 4.69) is 10.2 Å². The maximum Gasteiger partial charge on any atom is 0.340 e. The topological polar surface area (TPSA) is 65.2 Å². The molecule has 1 aromatic heterocycles. The lowest BCUT2D eigenvalue weighted by atomic mass is 10.2. The Bertz CT molecular complexity index is 817. The third kappa shape index (κ3) is 3.40. The number of esters is 1. The summed E-state index contributed by atoms with van der Waals surface area (Å²) < 4.78 is 10.9. The van der Waals surface area contributed by atoms with Crippen LogP contribution in [0.25, 0.3) is 11.5 Å². The third-order valence-electron chi connectivity index (χ3n) is 3.19. The Morgan fingerprint density at radius 3 is 2.52 bits per heavy atom. The summed E-state index contributed by atoms with van der Waals surface area (Å²) >= 11 is 5.98. The van der Waals surface area contributed by atoms with E-state index in [4.69, 9.17) is 20.8 Å². The number of ether oxygens (including phenoxy) is 1. The number of carbonyl (C=O) groups excluding carboxylic acids is 1. The molecule has 6 heteroatoms. The smallest absolute Gasteiger partial charge is 0.340 e. The summed E-state index contributed by atoms with van der Waals surface area (Å²) in [7, 11) is 0. The lowest BCUT2D eigenvalue weighted by Crippen LogP contribution is -2.10. The molecule has 0 aliphatic carbocycles. The molecule has 5 nitrogen and oxygen atoms in total. The molecule has 116 valence electrons. The van der Waals surface area contributed by atoms with Gasteiger partial charge in [-0.2, -0.15) is 0 Å². The van der Waals surface area contributed by atoms with E-state index in [0.717, 1.165) is 5.56 Å². The first kappa shape index (κ1) is 15.2. The predicted octanol–water partition coefficient (Wildman–Crippen LogP) is 4.31. The second-order valence-electron chi connectivity index (χ2n) is 4.84. The van der Waals surface area contributed by atoms with E-state index in [1.54, 1.807) is 31.2 Å². The van der Waals surface area contributed by atoms with E-state index >= 15 is 0 Å². The Balaban J connectivity index is 1.74. The average Bonchev–Trinajstić information content (AvgIpc) is 3.06. The second-order valence-corrected chi connectivity index (χ2v) is 5.25. The number of carbonyl (C=O) groups is 1. The van der Waals surface area contributed by atoms with Crippen molar-refractivity contribution in [1.82, 2.24) is 10.2 Å². The van der Waals surface area contributed by atoms with Gasteiger partial charge in [-0.1, -0.05) is 41.9 Å². The Morgan fingerprint density at radius 2 is 1.78 bits per heavy atom. The van der Waals surface area contributed by atoms with Crippen LogP contribution in [0.5, 0.6) is 0 Å². The zero-order chi connectivity index (χ0) is 16.2. The molecule has 0 saturated heterocycles. The van der Waals surface area contributed by atoms with Gasteiger partial charge in [0.05, 0.1) is 10.6 Å². The summed E-state index contributed by atoms with van der Waals surface area (Å²) in [5, 5.41) is 8.24. The summed E-state index contributed by atoms with van der Waals surface area (Å²) in [5.74, 6) is 0.0630. The van der Waals surface area contributed by atoms with Crippen LogP contribution >= 0.6 is 11.6 Å². The molecule has 1 atom stereocenters. The van der Waals surface area contributed by atoms with Crippen LogP contribution in [-0.4, -0.2) is 16.2 Å². The summed E-state index contributed by atoms with van der Waals surface area (Å²) in [6.07, 6.45) is -0.677. The Labute approximate surface area is 137 Å². The van der Waals surface area contributed by atoms with E-state index in [0.29, 0.717) is 16.5 Å². The van der Waals surface area contributed by atoms with Crippen LogP contribution in [0.1, 0.15) is 29.3 Å². The molecule has 23 heavy (non-hydrogen) atoms. The minimum atomic E-state index is -0.677. The van der Waals surface area contributed by atoms with Crippen LogP contribution < -0.4 is 0 Å². The summed E-state index contributed by atoms with van der Waals surface area (Å²) in [4.78, 5) is 12.1. The minimum absolute atomic E-state index is 0.226. The van der Waals surface area contributed by atoms with Crippen LogP contribution in [0.3, 0.4) is 0 Å². The molecule has 0 aliphatic rings. The normalized spacial score (nSPS) is 11.9. The summed E-state index contributed by atoms with van der Waals surface area (Å²) in [5.41, 5.74) is 1.10. The lowest BCUT2D eigenvalue weighted by Gasteiger charge is -2.10. The van der Waals surface area contributed by atoms with Crippen LogP contribution in [0.2, 0.25) is 5.02 Å². The molecular formula is C17H13ClN2O3. The van der Waals surface area contributed by atoms with Crippen molar-refractivity contribution in [1.29, 1.82) is 0 Å². The minimum Gasteiger partial charge on any atom is -0.449 e. The molecule has 0 spiro atoms. The Hall–Kier alpha value is -2.66. The first-order valence-corrected chi connectivity index (χ1v) is 7.37. The molecule has 0 unspecified atom stereocenters. The van der Waals surface area contributed by atoms with Gasteiger partial charge in [0.2, 0.25) is 5.89 Å². The quantitative estimate of drug-likeness (QED) is 0.668. The van der Waals surface area contributed by atoms with Crippen LogP contribution in [0.15, 0.2) is 59.0 Å². The van der Waals surface area contributed by atoms with Crippen LogP contribution in [-0.2, 0) is 4.74 Å². The summed E-state index contributed by atoms with van der Waals surface area (Å²) in [6.45, 7) is 1.66. The lowest BCUT2D eigenvalue weighted by molar-refractivity contribution is 0.0280. The van der Waals surface area contributed by atoms with Crippen molar-refractivity contribution in [3.05, 3.63) is 71.1 Å². The highest BCUT2D eigenvalue weighted by Gasteiger charge is 2.21. The molecule has 0 aliphatic heterocycles. The standard InChI is InChI=1S/C17H13ClN2O3/c1-11(22-17(21)13-9-5-6-10-14(13)18)15-19-20-16(23-15)12-7-3-2-4-8-12/h2-11H,1H3/t11-/m1/s1. The number of rotatable bonds is 4. The predicted molar refractivity (Wildman–Crippen MR) is 85.0 cm³/mol. The fourth-order valence-corrected chi connectivity index (χ4v) is 2.21. The first-order chi connectivity index (χ1) is 11.1. The maximum absolute atomic E-state index is 12.1. The highest BCUT2D eigenvalue weighted by atomic mass is 35.5. The highest BCUT2D eigenvalue weighted by molar-refractivity contribution is 6.33. The van der Waals surface area contributed by atoms with Crippen molar-refractivity contribution < 1.29 is 13.9 Å². The van der Waals surface area contributed by atoms with Gasteiger partial charge in [-0.25, -0.2) is 4.79 Å². The first-order valence-electron chi connectivity index (χ1n) is 6.99. The van der Waals surface area contributed by atoms with Crippen LogP contribution in [0.4, 0.5) is 0 Å². The van der Waals surface area contributed by atoms with Gasteiger partial charge in [-0.3, -0.25) is 0 Å². The fraction of sp³-hybridized carbons (Fsp3) is 0.118. The van der Waals surface area contributed by atoms with Gasteiger partial charge in [0, 0.05) is 5.56 Å². The summed E-state index contributed by atoms with van der Waals surface area (Å²) in [6, 6.07) is 16.0. The molecule has 0 radical (unpaired) electrons. The zero-order valence-electron chi connectivity index (χ0n) is 12.3. The Kier molecular flexibility index (Phi) is 4.39. The molecule has 0 fully saturated rings. The van der Waals surface area contributed by atoms with E-state index in [-0.39, 0.29) is 5.89 Å². The monoisotopic (exact) mass is 328 g/mol. The molecule has 0 amide bonds. The number of aromatic nitrogens is 2. The fourth-order valence-electron chi connectivity index (χ4n) is 2.00. The molecule has 0 N–H and O–H groups in total. The number of hydrogen-bond acceptors (Lipinski definition) is 5. The van der Waals surface area contributed by atoms with Crippen molar-refractivity contribution in [2.75, 3.05) is 0 Å². The van der Waals surface area contributed by atoms with Crippen molar-refractivity contribution in [3.63, 3.8) is 0 Å². The van der Waals surface area contributed by atoms with E-state index in [1.807, 2.05) is 30.3 Å². The maximum atomic E-state index is 12.1. The molecule has 2 aromatic carbocycles. The van der Waals surface area contributed by atoms with Crippen molar-refractivity contribution in [2.24, 2.45) is 0 Å². The van der Waals surface area contributed by atoms with Gasteiger partial charge in [-0.05, 0) is 31.2 Å². The number of halogens is 1. The van der Waals surface area contributed by atoms with Gasteiger partial charge in [0.15, 0.2) is 6.10 Å². The molecular weight excluding hydrogens is 316 g/mol.